The number of H-pyrrole nitrogens is 2. The molecule has 2 N–H and O–H groups in total. The van der Waals surface area contributed by atoms with Crippen LogP contribution in [0.15, 0.2) is 41.2 Å². The standard InChI is InChI=1S/C12H8ClN3O/c13-11-6-8(12(17)16-15-11)10-5-7-3-1-2-4-9(7)14-10/h1-6,14H,(H,16,17). The Hall–Kier alpha value is -2.07. The third kappa shape index (κ3) is 1.72. The fourth-order valence-electron chi connectivity index (χ4n) is 1.80. The molecule has 84 valence electrons. The largest absolute Gasteiger partial charge is 0.354 e. The fraction of sp³-hybridized carbons (Fsp3) is 0. The molecule has 2 aromatic heterocycles. The second-order valence-electron chi connectivity index (χ2n) is 3.70. The summed E-state index contributed by atoms with van der Waals surface area (Å²) in [6.45, 7) is 0. The molecule has 0 unspecified atom stereocenters. The molecule has 0 radical (unpaired) electrons. The SMILES string of the molecule is O=c1[nH]nc(Cl)cc1-c1cc2ccccc2[nH]1. The van der Waals surface area contributed by atoms with Crippen molar-refractivity contribution in [2.24, 2.45) is 0 Å². The highest BCUT2D eigenvalue weighted by Crippen LogP contribution is 2.22. The minimum atomic E-state index is -0.263. The lowest BCUT2D eigenvalue weighted by Crippen LogP contribution is -2.10. The van der Waals surface area contributed by atoms with Gasteiger partial charge in [-0.25, -0.2) is 5.10 Å². The summed E-state index contributed by atoms with van der Waals surface area (Å²) in [7, 11) is 0. The molecule has 0 bridgehead atoms. The van der Waals surface area contributed by atoms with Gasteiger partial charge < -0.3 is 4.98 Å². The van der Waals surface area contributed by atoms with Gasteiger partial charge in [-0.2, -0.15) is 5.10 Å². The van der Waals surface area contributed by atoms with E-state index in [0.717, 1.165) is 16.6 Å². The first-order valence-electron chi connectivity index (χ1n) is 5.07. The molecular formula is C12H8ClN3O. The third-order valence-corrected chi connectivity index (χ3v) is 2.79. The van der Waals surface area contributed by atoms with Crippen molar-refractivity contribution in [2.75, 3.05) is 0 Å². The number of halogens is 1. The lowest BCUT2D eigenvalue weighted by Gasteiger charge is -1.96. The van der Waals surface area contributed by atoms with Gasteiger partial charge in [0.2, 0.25) is 0 Å². The minimum Gasteiger partial charge on any atom is -0.354 e. The van der Waals surface area contributed by atoms with Crippen molar-refractivity contribution in [2.45, 2.75) is 0 Å². The zero-order valence-corrected chi connectivity index (χ0v) is 9.45. The highest BCUT2D eigenvalue weighted by atomic mass is 35.5. The molecule has 4 nitrogen and oxygen atoms in total. The Labute approximate surface area is 101 Å². The van der Waals surface area contributed by atoms with Crippen LogP contribution in [-0.4, -0.2) is 15.2 Å². The fourth-order valence-corrected chi connectivity index (χ4v) is 1.95. The summed E-state index contributed by atoms with van der Waals surface area (Å²) in [5.41, 5.74) is 1.94. The van der Waals surface area contributed by atoms with E-state index in [-0.39, 0.29) is 10.7 Å². The molecule has 0 aliphatic carbocycles. The monoisotopic (exact) mass is 245 g/mol. The number of hydrogen-bond donors (Lipinski definition) is 2. The predicted octanol–water partition coefficient (Wildman–Crippen LogP) is 2.57. The Bertz CT molecular complexity index is 712. The zero-order valence-electron chi connectivity index (χ0n) is 8.70. The molecule has 0 spiro atoms. The van der Waals surface area contributed by atoms with Crippen LogP contribution in [0.4, 0.5) is 0 Å². The van der Waals surface area contributed by atoms with Crippen molar-refractivity contribution >= 4 is 22.5 Å². The molecule has 0 aliphatic heterocycles. The Morgan fingerprint density at radius 1 is 1.18 bits per heavy atom. The summed E-state index contributed by atoms with van der Waals surface area (Å²) in [5, 5.41) is 7.30. The van der Waals surface area contributed by atoms with E-state index in [9.17, 15) is 4.79 Å². The smallest absolute Gasteiger partial charge is 0.273 e. The van der Waals surface area contributed by atoms with Crippen LogP contribution >= 0.6 is 11.6 Å². The lowest BCUT2D eigenvalue weighted by atomic mass is 10.2. The van der Waals surface area contributed by atoms with Crippen molar-refractivity contribution < 1.29 is 0 Å². The van der Waals surface area contributed by atoms with E-state index in [1.54, 1.807) is 6.07 Å². The van der Waals surface area contributed by atoms with Gasteiger partial charge in [-0.05, 0) is 18.2 Å². The summed E-state index contributed by atoms with van der Waals surface area (Å²) in [4.78, 5) is 14.8. The molecule has 0 aliphatic rings. The van der Waals surface area contributed by atoms with Crippen molar-refractivity contribution in [1.29, 1.82) is 0 Å². The summed E-state index contributed by atoms with van der Waals surface area (Å²) in [6.07, 6.45) is 0. The Morgan fingerprint density at radius 2 is 2.00 bits per heavy atom. The zero-order chi connectivity index (χ0) is 11.8. The van der Waals surface area contributed by atoms with E-state index in [1.165, 1.54) is 0 Å². The maximum Gasteiger partial charge on any atom is 0.273 e. The average Bonchev–Trinajstić information content (AvgIpc) is 2.75. The maximum atomic E-state index is 11.7. The Kier molecular flexibility index (Phi) is 2.23. The summed E-state index contributed by atoms with van der Waals surface area (Å²) in [6, 6.07) is 11.3. The first-order chi connectivity index (χ1) is 8.24. The van der Waals surface area contributed by atoms with Crippen LogP contribution in [0.5, 0.6) is 0 Å². The normalized spacial score (nSPS) is 10.9. The quantitative estimate of drug-likeness (QED) is 0.692. The lowest BCUT2D eigenvalue weighted by molar-refractivity contribution is 0.990. The van der Waals surface area contributed by atoms with Crippen LogP contribution in [0.1, 0.15) is 0 Å². The van der Waals surface area contributed by atoms with E-state index in [2.05, 4.69) is 15.2 Å². The highest BCUT2D eigenvalue weighted by Gasteiger charge is 2.08. The summed E-state index contributed by atoms with van der Waals surface area (Å²) >= 11 is 5.77. The van der Waals surface area contributed by atoms with Gasteiger partial charge in [0.15, 0.2) is 0 Å². The summed E-state index contributed by atoms with van der Waals surface area (Å²) in [5.74, 6) is 0. The Morgan fingerprint density at radius 3 is 2.82 bits per heavy atom. The molecule has 3 rings (SSSR count). The van der Waals surface area contributed by atoms with Gasteiger partial charge in [-0.15, -0.1) is 0 Å². The third-order valence-electron chi connectivity index (χ3n) is 2.59. The first kappa shape index (κ1) is 10.1. The molecule has 0 atom stereocenters. The second kappa shape index (κ2) is 3.75. The van der Waals surface area contributed by atoms with Gasteiger partial charge in [0.1, 0.15) is 5.15 Å². The van der Waals surface area contributed by atoms with Crippen molar-refractivity contribution in [1.82, 2.24) is 15.2 Å². The van der Waals surface area contributed by atoms with E-state index in [0.29, 0.717) is 5.56 Å². The molecule has 5 heteroatoms. The van der Waals surface area contributed by atoms with Crippen LogP contribution in [0.25, 0.3) is 22.2 Å². The Balaban J connectivity index is 2.27. The van der Waals surface area contributed by atoms with Crippen LogP contribution in [0.2, 0.25) is 5.15 Å². The van der Waals surface area contributed by atoms with E-state index in [1.807, 2.05) is 30.3 Å². The number of nitrogens with zero attached hydrogens (tertiary/aromatic N) is 1. The predicted molar refractivity (Wildman–Crippen MR) is 67.2 cm³/mol. The van der Waals surface area contributed by atoms with Crippen LogP contribution in [0.3, 0.4) is 0 Å². The number of aromatic nitrogens is 3. The topological polar surface area (TPSA) is 61.5 Å². The molecular weight excluding hydrogens is 238 g/mol. The molecule has 2 heterocycles. The number of nitrogens with one attached hydrogen (secondary N) is 2. The van der Waals surface area contributed by atoms with Crippen molar-refractivity contribution in [3.63, 3.8) is 0 Å². The van der Waals surface area contributed by atoms with E-state index < -0.39 is 0 Å². The number of para-hydroxylation sites is 1. The molecule has 3 aromatic rings. The molecule has 0 fully saturated rings. The van der Waals surface area contributed by atoms with E-state index in [4.69, 9.17) is 11.6 Å². The first-order valence-corrected chi connectivity index (χ1v) is 5.45. The minimum absolute atomic E-state index is 0.262. The number of hydrogen-bond acceptors (Lipinski definition) is 2. The summed E-state index contributed by atoms with van der Waals surface area (Å²) < 4.78 is 0. The van der Waals surface area contributed by atoms with Crippen LogP contribution in [-0.2, 0) is 0 Å². The number of rotatable bonds is 1. The van der Waals surface area contributed by atoms with Gasteiger partial charge >= 0.3 is 0 Å². The molecule has 1 aromatic carbocycles. The van der Waals surface area contributed by atoms with Crippen LogP contribution < -0.4 is 5.56 Å². The molecule has 17 heavy (non-hydrogen) atoms. The molecule has 0 saturated heterocycles. The van der Waals surface area contributed by atoms with Gasteiger partial charge in [-0.3, -0.25) is 4.79 Å². The molecule has 0 amide bonds. The maximum absolute atomic E-state index is 11.7. The van der Waals surface area contributed by atoms with Gasteiger partial charge in [0, 0.05) is 10.9 Å². The van der Waals surface area contributed by atoms with Crippen LogP contribution in [0, 0.1) is 0 Å². The molecule has 0 saturated carbocycles. The van der Waals surface area contributed by atoms with Crippen molar-refractivity contribution in [3.8, 4) is 11.3 Å². The number of benzene rings is 1. The van der Waals surface area contributed by atoms with Gasteiger partial charge in [0.05, 0.1) is 11.3 Å². The van der Waals surface area contributed by atoms with Gasteiger partial charge in [0.25, 0.3) is 5.56 Å². The number of fused-ring (bicyclic) bond motifs is 1. The number of aromatic amines is 2. The average molecular weight is 246 g/mol. The second-order valence-corrected chi connectivity index (χ2v) is 4.09. The van der Waals surface area contributed by atoms with Gasteiger partial charge in [-0.1, -0.05) is 29.8 Å². The highest BCUT2D eigenvalue weighted by molar-refractivity contribution is 6.29. The van der Waals surface area contributed by atoms with E-state index >= 15 is 0 Å². The van der Waals surface area contributed by atoms with Crippen molar-refractivity contribution in [3.05, 3.63) is 51.9 Å².